The smallest absolute Gasteiger partial charge is 0.256 e. The standard InChI is InChI=1S/C27H32FN3O4/c1-18(2)16-29-24(32)23-17-35-27(31(23)25(33)20-8-6-7-19(3)15-20)11-13-30(14-12-27)26(34)21-9-4-5-10-22(21)28/h4-10,15,18,23H,11-14,16-17H2,1-3H3,(H,29,32)/t23-/m1/s1. The first-order chi connectivity index (χ1) is 16.7. The Labute approximate surface area is 205 Å². The van der Waals surface area contributed by atoms with Crippen molar-refractivity contribution in [2.24, 2.45) is 5.92 Å². The van der Waals surface area contributed by atoms with E-state index < -0.39 is 23.5 Å². The Hall–Kier alpha value is -3.26. The third kappa shape index (κ3) is 5.07. The molecule has 8 heteroatoms. The average molecular weight is 482 g/mol. The van der Waals surface area contributed by atoms with Gasteiger partial charge in [0, 0.05) is 38.0 Å². The zero-order valence-electron chi connectivity index (χ0n) is 20.4. The number of ether oxygens (including phenoxy) is 1. The van der Waals surface area contributed by atoms with Crippen LogP contribution in [0.5, 0.6) is 0 Å². The summed E-state index contributed by atoms with van der Waals surface area (Å²) < 4.78 is 20.4. The Kier molecular flexibility index (Phi) is 7.21. The molecule has 0 radical (unpaired) electrons. The molecule has 2 aromatic carbocycles. The number of nitrogens with one attached hydrogen (secondary N) is 1. The van der Waals surface area contributed by atoms with E-state index in [9.17, 15) is 18.8 Å². The van der Waals surface area contributed by atoms with Crippen LogP contribution in [0.2, 0.25) is 0 Å². The molecular formula is C27H32FN3O4. The van der Waals surface area contributed by atoms with Gasteiger partial charge in [-0.3, -0.25) is 19.3 Å². The predicted molar refractivity (Wildman–Crippen MR) is 129 cm³/mol. The molecule has 186 valence electrons. The van der Waals surface area contributed by atoms with Gasteiger partial charge in [0.1, 0.15) is 17.6 Å². The van der Waals surface area contributed by atoms with Crippen LogP contribution in [0.1, 0.15) is 53.0 Å². The number of aryl methyl sites for hydroxylation is 1. The van der Waals surface area contributed by atoms with Crippen molar-refractivity contribution in [3.8, 4) is 0 Å². The van der Waals surface area contributed by atoms with Gasteiger partial charge in [-0.1, -0.05) is 43.7 Å². The van der Waals surface area contributed by atoms with Gasteiger partial charge >= 0.3 is 0 Å². The monoisotopic (exact) mass is 481 g/mol. The minimum absolute atomic E-state index is 0.0226. The number of carbonyl (C=O) groups is 3. The number of halogens is 1. The van der Waals surface area contributed by atoms with Gasteiger partial charge in [0.2, 0.25) is 5.91 Å². The molecule has 3 amide bonds. The second-order valence-corrected chi connectivity index (χ2v) is 9.73. The number of likely N-dealkylation sites (tertiary alicyclic amines) is 1. The molecule has 35 heavy (non-hydrogen) atoms. The second kappa shape index (κ2) is 10.2. The molecule has 1 atom stereocenters. The number of nitrogens with zero attached hydrogens (tertiary/aromatic N) is 2. The first-order valence-corrected chi connectivity index (χ1v) is 12.1. The van der Waals surface area contributed by atoms with Gasteiger partial charge in [0.05, 0.1) is 12.2 Å². The molecule has 0 unspecified atom stereocenters. The number of benzene rings is 2. The Morgan fingerprint density at radius 3 is 2.46 bits per heavy atom. The van der Waals surface area contributed by atoms with Gasteiger partial charge in [-0.05, 0) is 37.1 Å². The van der Waals surface area contributed by atoms with Crippen molar-refractivity contribution < 1.29 is 23.5 Å². The second-order valence-electron chi connectivity index (χ2n) is 9.73. The van der Waals surface area contributed by atoms with E-state index in [1.54, 1.807) is 34.1 Å². The van der Waals surface area contributed by atoms with Crippen molar-refractivity contribution >= 4 is 17.7 Å². The topological polar surface area (TPSA) is 79.0 Å². The molecular weight excluding hydrogens is 449 g/mol. The molecule has 2 aliphatic rings. The molecule has 2 aromatic rings. The van der Waals surface area contributed by atoms with Crippen LogP contribution in [0, 0.1) is 18.7 Å². The van der Waals surface area contributed by atoms with Crippen LogP contribution in [0.25, 0.3) is 0 Å². The first kappa shape index (κ1) is 24.9. The Morgan fingerprint density at radius 2 is 1.80 bits per heavy atom. The molecule has 1 spiro atoms. The van der Waals surface area contributed by atoms with E-state index >= 15 is 0 Å². The van der Waals surface area contributed by atoms with Gasteiger partial charge in [-0.2, -0.15) is 0 Å². The van der Waals surface area contributed by atoms with Crippen molar-refractivity contribution in [1.82, 2.24) is 15.1 Å². The van der Waals surface area contributed by atoms with E-state index in [0.717, 1.165) is 5.56 Å². The maximum absolute atomic E-state index is 14.2. The Bertz CT molecular complexity index is 1110. The summed E-state index contributed by atoms with van der Waals surface area (Å²) in [5, 5.41) is 2.93. The predicted octanol–water partition coefficient (Wildman–Crippen LogP) is 3.38. The Morgan fingerprint density at radius 1 is 1.09 bits per heavy atom. The maximum Gasteiger partial charge on any atom is 0.256 e. The van der Waals surface area contributed by atoms with E-state index in [0.29, 0.717) is 24.9 Å². The lowest BCUT2D eigenvalue weighted by Gasteiger charge is -2.44. The highest BCUT2D eigenvalue weighted by atomic mass is 19.1. The lowest BCUT2D eigenvalue weighted by molar-refractivity contribution is -0.128. The van der Waals surface area contributed by atoms with Crippen molar-refractivity contribution in [3.63, 3.8) is 0 Å². The maximum atomic E-state index is 14.2. The van der Waals surface area contributed by atoms with Crippen molar-refractivity contribution in [3.05, 3.63) is 71.0 Å². The number of rotatable bonds is 5. The van der Waals surface area contributed by atoms with E-state index in [1.807, 2.05) is 32.9 Å². The minimum Gasteiger partial charge on any atom is -0.354 e. The summed E-state index contributed by atoms with van der Waals surface area (Å²) in [4.78, 5) is 42.9. The molecule has 1 N–H and O–H groups in total. The van der Waals surface area contributed by atoms with Crippen molar-refractivity contribution in [2.45, 2.75) is 45.4 Å². The summed E-state index contributed by atoms with van der Waals surface area (Å²) in [5.41, 5.74) is 0.444. The normalized spacial score (nSPS) is 19.3. The molecule has 0 aliphatic carbocycles. The number of carbonyl (C=O) groups excluding carboxylic acids is 3. The molecule has 7 nitrogen and oxygen atoms in total. The average Bonchev–Trinajstić information content (AvgIpc) is 3.21. The lowest BCUT2D eigenvalue weighted by Crippen LogP contribution is -2.60. The van der Waals surface area contributed by atoms with Crippen LogP contribution in [0.3, 0.4) is 0 Å². The number of piperidine rings is 1. The minimum atomic E-state index is -1.01. The SMILES string of the molecule is Cc1cccc(C(=O)N2[C@@H](C(=O)NCC(C)C)COC23CCN(C(=O)c2ccccc2F)CC3)c1. The quantitative estimate of drug-likeness (QED) is 0.710. The number of amides is 3. The summed E-state index contributed by atoms with van der Waals surface area (Å²) >= 11 is 0. The van der Waals surface area contributed by atoms with Gasteiger partial charge < -0.3 is 15.0 Å². The molecule has 2 fully saturated rings. The van der Waals surface area contributed by atoms with Gasteiger partial charge in [-0.25, -0.2) is 4.39 Å². The van der Waals surface area contributed by atoms with Crippen LogP contribution < -0.4 is 5.32 Å². The highest BCUT2D eigenvalue weighted by Gasteiger charge is 2.54. The van der Waals surface area contributed by atoms with Gasteiger partial charge in [0.15, 0.2) is 0 Å². The van der Waals surface area contributed by atoms with E-state index in [4.69, 9.17) is 4.74 Å². The van der Waals surface area contributed by atoms with Crippen LogP contribution in [-0.4, -0.2) is 65.5 Å². The largest absolute Gasteiger partial charge is 0.354 e. The highest BCUT2D eigenvalue weighted by Crippen LogP contribution is 2.39. The van der Waals surface area contributed by atoms with Crippen molar-refractivity contribution in [2.75, 3.05) is 26.2 Å². The summed E-state index contributed by atoms with van der Waals surface area (Å²) in [6, 6.07) is 12.4. The number of hydrogen-bond donors (Lipinski definition) is 1. The zero-order valence-corrected chi connectivity index (χ0v) is 20.4. The molecule has 2 heterocycles. The van der Waals surface area contributed by atoms with Crippen LogP contribution >= 0.6 is 0 Å². The Balaban J connectivity index is 1.58. The lowest BCUT2D eigenvalue weighted by atomic mass is 9.95. The third-order valence-corrected chi connectivity index (χ3v) is 6.67. The van der Waals surface area contributed by atoms with E-state index in [1.165, 1.54) is 12.1 Å². The summed E-state index contributed by atoms with van der Waals surface area (Å²) in [5.74, 6) is -1.21. The van der Waals surface area contributed by atoms with Crippen LogP contribution in [0.15, 0.2) is 48.5 Å². The van der Waals surface area contributed by atoms with E-state index in [-0.39, 0.29) is 43.0 Å². The molecule has 2 aliphatic heterocycles. The van der Waals surface area contributed by atoms with Crippen LogP contribution in [-0.2, 0) is 9.53 Å². The molecule has 2 saturated heterocycles. The molecule has 0 saturated carbocycles. The zero-order chi connectivity index (χ0) is 25.2. The molecule has 0 aromatic heterocycles. The first-order valence-electron chi connectivity index (χ1n) is 12.1. The third-order valence-electron chi connectivity index (χ3n) is 6.67. The van der Waals surface area contributed by atoms with E-state index in [2.05, 4.69) is 5.32 Å². The van der Waals surface area contributed by atoms with Gasteiger partial charge in [0.25, 0.3) is 11.8 Å². The fourth-order valence-electron chi connectivity index (χ4n) is 4.77. The fraction of sp³-hybridized carbons (Fsp3) is 0.444. The number of hydrogen-bond acceptors (Lipinski definition) is 4. The summed E-state index contributed by atoms with van der Waals surface area (Å²) in [6.45, 7) is 7.07. The van der Waals surface area contributed by atoms with Crippen LogP contribution in [0.4, 0.5) is 4.39 Å². The molecule has 4 rings (SSSR count). The summed E-state index contributed by atoms with van der Waals surface area (Å²) in [6.07, 6.45) is 0.664. The van der Waals surface area contributed by atoms with Crippen molar-refractivity contribution in [1.29, 1.82) is 0 Å². The van der Waals surface area contributed by atoms with Gasteiger partial charge in [-0.15, -0.1) is 0 Å². The molecule has 0 bridgehead atoms. The fourth-order valence-corrected chi connectivity index (χ4v) is 4.77. The summed E-state index contributed by atoms with van der Waals surface area (Å²) in [7, 11) is 0. The highest BCUT2D eigenvalue weighted by molar-refractivity contribution is 5.99.